The van der Waals surface area contributed by atoms with Crippen molar-refractivity contribution in [3.63, 3.8) is 0 Å². The Kier molecular flexibility index (Phi) is 4.04. The first-order valence-electron chi connectivity index (χ1n) is 5.52. The molecular formula is C13H12BrN2OS-. The first-order valence-corrected chi connectivity index (χ1v) is 6.40. The van der Waals surface area contributed by atoms with Gasteiger partial charge in [0.25, 0.3) is 0 Å². The van der Waals surface area contributed by atoms with Crippen LogP contribution < -0.4 is 21.7 Å². The molecule has 18 heavy (non-hydrogen) atoms. The third-order valence-corrected chi connectivity index (χ3v) is 3.38. The number of rotatable bonds is 3. The second-order valence-electron chi connectivity index (χ2n) is 3.66. The number of thiazole rings is 1. The molecule has 0 atom stereocenters. The number of benzene rings is 1. The maximum Gasteiger partial charge on any atom is 0.194 e. The molecule has 2 heterocycles. The second-order valence-corrected chi connectivity index (χ2v) is 4.53. The summed E-state index contributed by atoms with van der Waals surface area (Å²) in [5.41, 5.74) is 2.27. The van der Waals surface area contributed by atoms with Gasteiger partial charge in [-0.3, -0.25) is 4.40 Å². The fourth-order valence-electron chi connectivity index (χ4n) is 1.83. The van der Waals surface area contributed by atoms with E-state index in [2.05, 4.69) is 21.5 Å². The number of ether oxygens (including phenoxy) is 1. The van der Waals surface area contributed by atoms with Crippen molar-refractivity contribution < 1.29 is 21.7 Å². The van der Waals surface area contributed by atoms with Gasteiger partial charge in [-0.25, -0.2) is 4.98 Å². The minimum Gasteiger partial charge on any atom is -1.00 e. The zero-order chi connectivity index (χ0) is 11.7. The fraction of sp³-hybridized carbons (Fsp3) is 0.154. The van der Waals surface area contributed by atoms with Crippen LogP contribution in [0.2, 0.25) is 0 Å². The van der Waals surface area contributed by atoms with Crippen molar-refractivity contribution in [1.29, 1.82) is 0 Å². The van der Waals surface area contributed by atoms with Crippen LogP contribution in [0.4, 0.5) is 0 Å². The Morgan fingerprint density at radius 2 is 2.06 bits per heavy atom. The lowest BCUT2D eigenvalue weighted by molar-refractivity contribution is -0.00000395. The van der Waals surface area contributed by atoms with E-state index in [-0.39, 0.29) is 17.0 Å². The molecule has 0 saturated carbocycles. The summed E-state index contributed by atoms with van der Waals surface area (Å²) in [5.74, 6) is 0.905. The molecule has 3 rings (SSSR count). The van der Waals surface area contributed by atoms with E-state index < -0.39 is 0 Å². The maximum absolute atomic E-state index is 5.43. The summed E-state index contributed by atoms with van der Waals surface area (Å²) in [6.07, 6.45) is 3.94. The van der Waals surface area contributed by atoms with Crippen LogP contribution in [0, 0.1) is 0 Å². The van der Waals surface area contributed by atoms with E-state index in [1.807, 2.05) is 36.8 Å². The highest BCUT2D eigenvalue weighted by Gasteiger charge is 2.06. The van der Waals surface area contributed by atoms with Crippen LogP contribution in [-0.4, -0.2) is 16.0 Å². The molecule has 0 spiro atoms. The van der Waals surface area contributed by atoms with Gasteiger partial charge in [0.2, 0.25) is 0 Å². The summed E-state index contributed by atoms with van der Waals surface area (Å²) >= 11 is 1.64. The third kappa shape index (κ3) is 2.28. The van der Waals surface area contributed by atoms with Crippen LogP contribution >= 0.6 is 11.3 Å². The minimum absolute atomic E-state index is 0. The monoisotopic (exact) mass is 323 g/mol. The first-order chi connectivity index (χ1) is 8.38. The molecule has 0 saturated heterocycles. The van der Waals surface area contributed by atoms with Crippen molar-refractivity contribution in [1.82, 2.24) is 9.38 Å². The Hall–Kier alpha value is -1.33. The van der Waals surface area contributed by atoms with Gasteiger partial charge in [0.1, 0.15) is 5.75 Å². The molecule has 0 aliphatic carbocycles. The summed E-state index contributed by atoms with van der Waals surface area (Å²) < 4.78 is 7.53. The van der Waals surface area contributed by atoms with E-state index in [1.54, 1.807) is 11.3 Å². The Bertz CT molecular complexity index is 630. The summed E-state index contributed by atoms with van der Waals surface area (Å²) in [6, 6.07) is 8.10. The van der Waals surface area contributed by atoms with Gasteiger partial charge in [0.05, 0.1) is 18.5 Å². The van der Waals surface area contributed by atoms with Crippen molar-refractivity contribution >= 4 is 16.3 Å². The van der Waals surface area contributed by atoms with E-state index >= 15 is 0 Å². The average Bonchev–Trinajstić information content (AvgIpc) is 2.93. The Morgan fingerprint density at radius 3 is 2.78 bits per heavy atom. The highest BCUT2D eigenvalue weighted by Crippen LogP contribution is 2.25. The molecule has 3 nitrogen and oxygen atoms in total. The lowest BCUT2D eigenvalue weighted by Gasteiger charge is -2.04. The second kappa shape index (κ2) is 5.54. The van der Waals surface area contributed by atoms with E-state index in [1.165, 1.54) is 0 Å². The first kappa shape index (κ1) is 13.1. The topological polar surface area (TPSA) is 26.5 Å². The van der Waals surface area contributed by atoms with Crippen molar-refractivity contribution in [3.8, 4) is 17.0 Å². The van der Waals surface area contributed by atoms with Crippen molar-refractivity contribution in [3.05, 3.63) is 42.0 Å². The fourth-order valence-corrected chi connectivity index (χ4v) is 2.52. The van der Waals surface area contributed by atoms with Crippen LogP contribution in [0.25, 0.3) is 16.2 Å². The summed E-state index contributed by atoms with van der Waals surface area (Å²) in [4.78, 5) is 5.39. The number of fused-ring (bicyclic) bond motifs is 1. The molecule has 94 valence electrons. The molecule has 3 aromatic rings. The van der Waals surface area contributed by atoms with Gasteiger partial charge in [-0.1, -0.05) is 0 Å². The predicted octanol–water partition coefficient (Wildman–Crippen LogP) is 0.465. The molecule has 0 aliphatic heterocycles. The van der Waals surface area contributed by atoms with Gasteiger partial charge in [-0.05, 0) is 31.2 Å². The molecule has 0 fully saturated rings. The van der Waals surface area contributed by atoms with Gasteiger partial charge in [0.15, 0.2) is 4.96 Å². The van der Waals surface area contributed by atoms with Crippen LogP contribution in [0.15, 0.2) is 42.0 Å². The van der Waals surface area contributed by atoms with Crippen LogP contribution in [0.5, 0.6) is 5.75 Å². The van der Waals surface area contributed by atoms with Crippen molar-refractivity contribution in [2.24, 2.45) is 0 Å². The van der Waals surface area contributed by atoms with Crippen LogP contribution in [0.3, 0.4) is 0 Å². The molecule has 0 N–H and O–H groups in total. The normalized spacial score (nSPS) is 10.3. The lowest BCUT2D eigenvalue weighted by Crippen LogP contribution is -3.00. The molecule has 0 radical (unpaired) electrons. The SMILES string of the molecule is CCOc1ccc(-c2cnc3sccn23)cc1.[Br-]. The minimum atomic E-state index is 0. The van der Waals surface area contributed by atoms with Gasteiger partial charge in [-0.15, -0.1) is 11.3 Å². The van der Waals surface area contributed by atoms with Gasteiger partial charge >= 0.3 is 0 Å². The van der Waals surface area contributed by atoms with Gasteiger partial charge in [-0.2, -0.15) is 0 Å². The molecule has 1 aromatic carbocycles. The average molecular weight is 324 g/mol. The molecule has 0 unspecified atom stereocenters. The van der Waals surface area contributed by atoms with E-state index in [0.717, 1.165) is 22.0 Å². The maximum atomic E-state index is 5.43. The highest BCUT2D eigenvalue weighted by atomic mass is 79.9. The quantitative estimate of drug-likeness (QED) is 0.700. The molecule has 0 aliphatic rings. The number of aromatic nitrogens is 2. The Morgan fingerprint density at radius 1 is 1.28 bits per heavy atom. The molecule has 0 bridgehead atoms. The van der Waals surface area contributed by atoms with Gasteiger partial charge < -0.3 is 21.7 Å². The molecule has 0 amide bonds. The summed E-state index contributed by atoms with van der Waals surface area (Å²) in [5, 5.41) is 2.04. The molecular weight excluding hydrogens is 312 g/mol. The molecule has 5 heteroatoms. The number of halogens is 1. The predicted molar refractivity (Wildman–Crippen MR) is 69.7 cm³/mol. The Balaban J connectivity index is 0.00000120. The van der Waals surface area contributed by atoms with E-state index in [9.17, 15) is 0 Å². The standard InChI is InChI=1S/C13H12N2OS.BrH/c1-2-16-11-5-3-10(4-6-11)12-9-14-13-15(12)7-8-17-13;/h3-9H,2H2,1H3;1H/p-1. The Labute approximate surface area is 120 Å². The smallest absolute Gasteiger partial charge is 0.194 e. The highest BCUT2D eigenvalue weighted by molar-refractivity contribution is 7.15. The number of hydrogen-bond acceptors (Lipinski definition) is 3. The number of imidazole rings is 1. The van der Waals surface area contributed by atoms with Gasteiger partial charge in [0, 0.05) is 17.1 Å². The zero-order valence-electron chi connectivity index (χ0n) is 9.84. The lowest BCUT2D eigenvalue weighted by atomic mass is 10.1. The summed E-state index contributed by atoms with van der Waals surface area (Å²) in [7, 11) is 0. The van der Waals surface area contributed by atoms with Crippen molar-refractivity contribution in [2.75, 3.05) is 6.61 Å². The van der Waals surface area contributed by atoms with E-state index in [0.29, 0.717) is 6.61 Å². The zero-order valence-corrected chi connectivity index (χ0v) is 12.2. The van der Waals surface area contributed by atoms with Crippen LogP contribution in [0.1, 0.15) is 6.92 Å². The van der Waals surface area contributed by atoms with Crippen molar-refractivity contribution in [2.45, 2.75) is 6.92 Å². The van der Waals surface area contributed by atoms with Crippen LogP contribution in [-0.2, 0) is 0 Å². The largest absolute Gasteiger partial charge is 1.00 e. The number of hydrogen-bond donors (Lipinski definition) is 0. The van der Waals surface area contributed by atoms with E-state index in [4.69, 9.17) is 4.74 Å². The number of nitrogens with zero attached hydrogens (tertiary/aromatic N) is 2. The third-order valence-electron chi connectivity index (χ3n) is 2.61. The summed E-state index contributed by atoms with van der Waals surface area (Å²) in [6.45, 7) is 2.68. The molecule has 2 aromatic heterocycles.